The third kappa shape index (κ3) is 1.83. The van der Waals surface area contributed by atoms with Gasteiger partial charge in [-0.15, -0.1) is 0 Å². The molecule has 94 valence electrons. The summed E-state index contributed by atoms with van der Waals surface area (Å²) in [7, 11) is 2.08. The maximum absolute atomic E-state index is 6.13. The summed E-state index contributed by atoms with van der Waals surface area (Å²) in [5.74, 6) is 1.24. The largest absolute Gasteiger partial charge is 0.368 e. The molecule has 1 aliphatic rings. The van der Waals surface area contributed by atoms with Gasteiger partial charge in [0.05, 0.1) is 29.7 Å². The highest BCUT2D eigenvalue weighted by molar-refractivity contribution is 6.32. The second kappa shape index (κ2) is 4.22. The molecule has 0 aliphatic carbocycles. The number of likely N-dealkylation sites (N-methyl/N-ethyl adjacent to an activating group) is 1. The molecule has 0 aromatic carbocycles. The highest BCUT2D eigenvalue weighted by Gasteiger charge is 2.20. The van der Waals surface area contributed by atoms with Crippen molar-refractivity contribution in [3.05, 3.63) is 23.2 Å². The zero-order valence-electron chi connectivity index (χ0n) is 9.97. The predicted molar refractivity (Wildman–Crippen MR) is 69.0 cm³/mol. The van der Waals surface area contributed by atoms with Gasteiger partial charge in [0.25, 0.3) is 0 Å². The second-order valence-electron chi connectivity index (χ2n) is 4.37. The van der Waals surface area contributed by atoms with Crippen molar-refractivity contribution in [2.75, 3.05) is 19.3 Å². The molecule has 0 saturated carbocycles. The second-order valence-corrected chi connectivity index (χ2v) is 4.78. The van der Waals surface area contributed by atoms with E-state index in [9.17, 15) is 0 Å². The molecule has 2 N–H and O–H groups in total. The molecule has 0 saturated heterocycles. The maximum atomic E-state index is 6.13. The van der Waals surface area contributed by atoms with Gasteiger partial charge in [-0.05, 0) is 7.05 Å². The fraction of sp³-hybridized carbons (Fsp3) is 0.364. The van der Waals surface area contributed by atoms with Crippen molar-refractivity contribution in [1.82, 2.24) is 24.4 Å². The number of hydrogen-bond acceptors (Lipinski definition) is 5. The number of nitrogens with zero attached hydrogens (tertiary/aromatic N) is 5. The number of nitrogens with two attached hydrogens (primary N) is 1. The molecule has 3 rings (SSSR count). The van der Waals surface area contributed by atoms with Gasteiger partial charge >= 0.3 is 0 Å². The number of aromatic nitrogens is 4. The first-order valence-electron chi connectivity index (χ1n) is 5.66. The molecule has 0 unspecified atom stereocenters. The van der Waals surface area contributed by atoms with Gasteiger partial charge in [0.2, 0.25) is 5.95 Å². The third-order valence-corrected chi connectivity index (χ3v) is 3.34. The van der Waals surface area contributed by atoms with Gasteiger partial charge in [0.1, 0.15) is 11.5 Å². The average Bonchev–Trinajstić information content (AvgIpc) is 2.75. The minimum atomic E-state index is 0.220. The van der Waals surface area contributed by atoms with Gasteiger partial charge in [-0.1, -0.05) is 11.6 Å². The van der Waals surface area contributed by atoms with E-state index in [1.54, 1.807) is 6.20 Å². The van der Waals surface area contributed by atoms with E-state index in [2.05, 4.69) is 31.5 Å². The Labute approximate surface area is 109 Å². The van der Waals surface area contributed by atoms with Gasteiger partial charge in [-0.25, -0.2) is 15.0 Å². The first kappa shape index (κ1) is 11.4. The van der Waals surface area contributed by atoms with Crippen LogP contribution in [0.25, 0.3) is 11.4 Å². The summed E-state index contributed by atoms with van der Waals surface area (Å²) in [6, 6.07) is 0. The Morgan fingerprint density at radius 2 is 2.11 bits per heavy atom. The van der Waals surface area contributed by atoms with Gasteiger partial charge in [0.15, 0.2) is 0 Å². The normalized spacial score (nSPS) is 15.7. The van der Waals surface area contributed by atoms with Crippen molar-refractivity contribution in [3.8, 4) is 11.4 Å². The molecule has 0 bridgehead atoms. The van der Waals surface area contributed by atoms with Crippen LogP contribution in [0.4, 0.5) is 5.95 Å². The van der Waals surface area contributed by atoms with Crippen LogP contribution in [0.2, 0.25) is 5.02 Å². The van der Waals surface area contributed by atoms with Crippen LogP contribution in [0.3, 0.4) is 0 Å². The molecule has 0 spiro atoms. The molecule has 2 aromatic rings. The number of hydrogen-bond donors (Lipinski definition) is 1. The van der Waals surface area contributed by atoms with Crippen molar-refractivity contribution < 1.29 is 0 Å². The topological polar surface area (TPSA) is 72.9 Å². The van der Waals surface area contributed by atoms with E-state index in [0.717, 1.165) is 31.2 Å². The number of rotatable bonds is 1. The molecule has 6 nitrogen and oxygen atoms in total. The molecule has 3 heterocycles. The van der Waals surface area contributed by atoms with Crippen LogP contribution in [0.15, 0.2) is 12.4 Å². The van der Waals surface area contributed by atoms with E-state index >= 15 is 0 Å². The van der Waals surface area contributed by atoms with E-state index in [4.69, 9.17) is 17.3 Å². The van der Waals surface area contributed by atoms with E-state index in [0.29, 0.717) is 10.7 Å². The quantitative estimate of drug-likeness (QED) is 0.833. The summed E-state index contributed by atoms with van der Waals surface area (Å²) in [5, 5.41) is 0.492. The van der Waals surface area contributed by atoms with Crippen LogP contribution in [-0.2, 0) is 13.1 Å². The molecule has 2 aromatic heterocycles. The average molecular weight is 265 g/mol. The van der Waals surface area contributed by atoms with Crippen LogP contribution in [0.1, 0.15) is 5.82 Å². The van der Waals surface area contributed by atoms with Crippen molar-refractivity contribution in [2.24, 2.45) is 0 Å². The highest BCUT2D eigenvalue weighted by atomic mass is 35.5. The number of nitrogen functional groups attached to an aromatic ring is 1. The maximum Gasteiger partial charge on any atom is 0.220 e. The van der Waals surface area contributed by atoms with Crippen molar-refractivity contribution in [3.63, 3.8) is 0 Å². The van der Waals surface area contributed by atoms with Crippen molar-refractivity contribution >= 4 is 17.5 Å². The van der Waals surface area contributed by atoms with Crippen LogP contribution in [0, 0.1) is 0 Å². The van der Waals surface area contributed by atoms with Gasteiger partial charge in [-0.2, -0.15) is 0 Å². The van der Waals surface area contributed by atoms with Gasteiger partial charge < -0.3 is 10.3 Å². The Balaban J connectivity index is 2.10. The van der Waals surface area contributed by atoms with Crippen LogP contribution < -0.4 is 5.73 Å². The first-order valence-corrected chi connectivity index (χ1v) is 6.04. The van der Waals surface area contributed by atoms with Crippen LogP contribution in [-0.4, -0.2) is 38.0 Å². The van der Waals surface area contributed by atoms with Crippen LogP contribution in [0.5, 0.6) is 0 Å². The lowest BCUT2D eigenvalue weighted by Crippen LogP contribution is -2.30. The minimum absolute atomic E-state index is 0.220. The molecule has 7 heteroatoms. The lowest BCUT2D eigenvalue weighted by molar-refractivity contribution is 0.265. The Kier molecular flexibility index (Phi) is 2.68. The summed E-state index contributed by atoms with van der Waals surface area (Å²) in [6.45, 7) is 2.69. The van der Waals surface area contributed by atoms with E-state index < -0.39 is 0 Å². The highest BCUT2D eigenvalue weighted by Crippen LogP contribution is 2.28. The standard InChI is InChI=1S/C11H13ClN6/c1-17-2-3-18-8(5-14-9(18)6-17)10-7(12)4-15-11(13)16-10/h4-5H,2-3,6H2,1H3,(H2,13,15,16). The number of anilines is 1. The Bertz CT molecular complexity index is 593. The van der Waals surface area contributed by atoms with Crippen LogP contribution >= 0.6 is 11.6 Å². The zero-order valence-corrected chi connectivity index (χ0v) is 10.7. The summed E-state index contributed by atoms with van der Waals surface area (Å²) in [4.78, 5) is 14.7. The van der Waals surface area contributed by atoms with E-state index in [1.165, 1.54) is 6.20 Å². The van der Waals surface area contributed by atoms with Crippen molar-refractivity contribution in [2.45, 2.75) is 13.1 Å². The van der Waals surface area contributed by atoms with Gasteiger partial charge in [-0.3, -0.25) is 4.90 Å². The molecule has 0 atom stereocenters. The van der Waals surface area contributed by atoms with Crippen molar-refractivity contribution in [1.29, 1.82) is 0 Å². The fourth-order valence-electron chi connectivity index (χ4n) is 2.13. The van der Waals surface area contributed by atoms with E-state index in [-0.39, 0.29) is 5.95 Å². The summed E-state index contributed by atoms with van der Waals surface area (Å²) in [6.07, 6.45) is 3.32. The van der Waals surface area contributed by atoms with E-state index in [1.807, 2.05) is 0 Å². The minimum Gasteiger partial charge on any atom is -0.368 e. The fourth-order valence-corrected chi connectivity index (χ4v) is 2.32. The lowest BCUT2D eigenvalue weighted by Gasteiger charge is -2.24. The Morgan fingerprint density at radius 1 is 1.28 bits per heavy atom. The Hall–Kier alpha value is -1.66. The Morgan fingerprint density at radius 3 is 2.94 bits per heavy atom. The summed E-state index contributed by atoms with van der Waals surface area (Å²) >= 11 is 6.13. The number of fused-ring (bicyclic) bond motifs is 1. The smallest absolute Gasteiger partial charge is 0.220 e. The molecular weight excluding hydrogens is 252 g/mol. The summed E-state index contributed by atoms with van der Waals surface area (Å²) in [5.41, 5.74) is 7.16. The predicted octanol–water partition coefficient (Wildman–Crippen LogP) is 1.02. The molecule has 18 heavy (non-hydrogen) atoms. The zero-order chi connectivity index (χ0) is 12.7. The third-order valence-electron chi connectivity index (χ3n) is 3.06. The number of halogens is 1. The number of imidazole rings is 1. The molecule has 0 amide bonds. The molecule has 0 fully saturated rings. The SMILES string of the molecule is CN1CCn2c(-c3nc(N)ncc3Cl)cnc2C1. The first-order chi connectivity index (χ1) is 8.65. The molecular formula is C11H13ClN6. The molecule has 1 aliphatic heterocycles. The summed E-state index contributed by atoms with van der Waals surface area (Å²) < 4.78 is 2.13. The monoisotopic (exact) mass is 264 g/mol. The lowest BCUT2D eigenvalue weighted by atomic mass is 10.3. The van der Waals surface area contributed by atoms with Gasteiger partial charge in [0, 0.05) is 13.1 Å². The molecule has 0 radical (unpaired) electrons.